The minimum atomic E-state index is -0.401. The lowest BCUT2D eigenvalue weighted by Gasteiger charge is -2.29. The van der Waals surface area contributed by atoms with Crippen molar-refractivity contribution in [3.05, 3.63) is 35.4 Å². The largest absolute Gasteiger partial charge is 0.379 e. The highest BCUT2D eigenvalue weighted by Gasteiger charge is 2.23. The summed E-state index contributed by atoms with van der Waals surface area (Å²) >= 11 is 0. The summed E-state index contributed by atoms with van der Waals surface area (Å²) in [5.41, 5.74) is 0.111. The fourth-order valence-corrected chi connectivity index (χ4v) is 2.21. The summed E-state index contributed by atoms with van der Waals surface area (Å²) in [6, 6.07) is 3.66. The van der Waals surface area contributed by atoms with E-state index in [2.05, 4.69) is 12.2 Å². The maximum absolute atomic E-state index is 13.7. The standard InChI is InChI=1S/C16H25F2NO/c1-5-8-19-14(11-16(2,3)20-4)10-12-9-13(17)6-7-15(12)18/h6-7,9,14,19H,5,8,10-11H2,1-4H3. The number of benzene rings is 1. The third-order valence-corrected chi connectivity index (χ3v) is 3.45. The van der Waals surface area contributed by atoms with Crippen LogP contribution >= 0.6 is 0 Å². The van der Waals surface area contributed by atoms with Crippen molar-refractivity contribution in [2.75, 3.05) is 13.7 Å². The Morgan fingerprint density at radius 2 is 2.00 bits per heavy atom. The number of hydrogen-bond acceptors (Lipinski definition) is 2. The molecule has 2 nitrogen and oxygen atoms in total. The molecule has 0 fully saturated rings. The molecule has 0 saturated heterocycles. The zero-order chi connectivity index (χ0) is 15.2. The van der Waals surface area contributed by atoms with Crippen molar-refractivity contribution in [2.45, 2.75) is 51.7 Å². The van der Waals surface area contributed by atoms with Crippen molar-refractivity contribution < 1.29 is 13.5 Å². The first kappa shape index (κ1) is 17.1. The first-order valence-corrected chi connectivity index (χ1v) is 7.10. The second-order valence-corrected chi connectivity index (χ2v) is 5.76. The number of hydrogen-bond donors (Lipinski definition) is 1. The average molecular weight is 285 g/mol. The lowest BCUT2D eigenvalue weighted by atomic mass is 9.93. The van der Waals surface area contributed by atoms with Gasteiger partial charge in [-0.05, 0) is 63.4 Å². The quantitative estimate of drug-likeness (QED) is 0.786. The van der Waals surface area contributed by atoms with Crippen molar-refractivity contribution >= 4 is 0 Å². The van der Waals surface area contributed by atoms with Crippen LogP contribution in [0.5, 0.6) is 0 Å². The minimum absolute atomic E-state index is 0.0567. The van der Waals surface area contributed by atoms with Crippen LogP contribution in [0.3, 0.4) is 0 Å². The lowest BCUT2D eigenvalue weighted by molar-refractivity contribution is 0.00707. The Morgan fingerprint density at radius 1 is 1.30 bits per heavy atom. The van der Waals surface area contributed by atoms with E-state index < -0.39 is 5.82 Å². The molecule has 20 heavy (non-hydrogen) atoms. The Bertz CT molecular complexity index is 421. The van der Waals surface area contributed by atoms with E-state index in [1.807, 2.05) is 13.8 Å². The van der Waals surface area contributed by atoms with Crippen molar-refractivity contribution in [1.29, 1.82) is 0 Å². The monoisotopic (exact) mass is 285 g/mol. The van der Waals surface area contributed by atoms with Crippen LogP contribution in [0, 0.1) is 11.6 Å². The molecule has 0 saturated carbocycles. The molecule has 1 aromatic carbocycles. The van der Waals surface area contributed by atoms with Gasteiger partial charge in [0.2, 0.25) is 0 Å². The SMILES string of the molecule is CCCNC(Cc1cc(F)ccc1F)CC(C)(C)OC. The van der Waals surface area contributed by atoms with E-state index in [-0.39, 0.29) is 17.5 Å². The number of rotatable bonds is 8. The average Bonchev–Trinajstić information content (AvgIpc) is 2.40. The van der Waals surface area contributed by atoms with Gasteiger partial charge in [0, 0.05) is 13.2 Å². The summed E-state index contributed by atoms with van der Waals surface area (Å²) in [7, 11) is 1.67. The molecule has 1 N–H and O–H groups in total. The third-order valence-electron chi connectivity index (χ3n) is 3.45. The molecule has 0 aromatic heterocycles. The van der Waals surface area contributed by atoms with Crippen molar-refractivity contribution in [2.24, 2.45) is 0 Å². The van der Waals surface area contributed by atoms with Gasteiger partial charge in [0.1, 0.15) is 11.6 Å². The van der Waals surface area contributed by atoms with E-state index in [0.717, 1.165) is 25.5 Å². The maximum atomic E-state index is 13.7. The van der Waals surface area contributed by atoms with Crippen LogP contribution in [0.2, 0.25) is 0 Å². The van der Waals surface area contributed by atoms with Gasteiger partial charge in [0.15, 0.2) is 0 Å². The molecule has 0 heterocycles. The molecule has 114 valence electrons. The zero-order valence-electron chi connectivity index (χ0n) is 12.8. The van der Waals surface area contributed by atoms with E-state index in [1.54, 1.807) is 7.11 Å². The fraction of sp³-hybridized carbons (Fsp3) is 0.625. The van der Waals surface area contributed by atoms with Crippen LogP contribution in [0.4, 0.5) is 8.78 Å². The molecule has 0 aliphatic heterocycles. The summed E-state index contributed by atoms with van der Waals surface area (Å²) in [5.74, 6) is -0.758. The molecule has 0 amide bonds. The highest BCUT2D eigenvalue weighted by molar-refractivity contribution is 5.20. The summed E-state index contributed by atoms with van der Waals surface area (Å²) in [5, 5.41) is 3.39. The van der Waals surface area contributed by atoms with Crippen molar-refractivity contribution in [3.63, 3.8) is 0 Å². The third kappa shape index (κ3) is 5.55. The molecule has 0 aliphatic carbocycles. The molecule has 0 spiro atoms. The van der Waals surface area contributed by atoms with Gasteiger partial charge in [-0.3, -0.25) is 0 Å². The normalized spacial score (nSPS) is 13.5. The van der Waals surface area contributed by atoms with Crippen LogP contribution in [-0.4, -0.2) is 25.3 Å². The molecular formula is C16H25F2NO. The maximum Gasteiger partial charge on any atom is 0.126 e. The lowest BCUT2D eigenvalue weighted by Crippen LogP contribution is -2.39. The molecule has 4 heteroatoms. The summed E-state index contributed by atoms with van der Waals surface area (Å²) in [6.07, 6.45) is 2.19. The van der Waals surface area contributed by atoms with Gasteiger partial charge in [-0.25, -0.2) is 8.78 Å². The van der Waals surface area contributed by atoms with Gasteiger partial charge in [0.25, 0.3) is 0 Å². The minimum Gasteiger partial charge on any atom is -0.379 e. The summed E-state index contributed by atoms with van der Waals surface area (Å²) < 4.78 is 32.4. The van der Waals surface area contributed by atoms with Gasteiger partial charge in [-0.15, -0.1) is 0 Å². The molecule has 0 aliphatic rings. The number of methoxy groups -OCH3 is 1. The highest BCUT2D eigenvalue weighted by atomic mass is 19.1. The smallest absolute Gasteiger partial charge is 0.126 e. The van der Waals surface area contributed by atoms with E-state index >= 15 is 0 Å². The van der Waals surface area contributed by atoms with Gasteiger partial charge in [-0.2, -0.15) is 0 Å². The van der Waals surface area contributed by atoms with Gasteiger partial charge in [0.05, 0.1) is 5.60 Å². The fourth-order valence-electron chi connectivity index (χ4n) is 2.21. The summed E-state index contributed by atoms with van der Waals surface area (Å²) in [6.45, 7) is 6.92. The van der Waals surface area contributed by atoms with Crippen LogP contribution in [-0.2, 0) is 11.2 Å². The Balaban J connectivity index is 2.80. The second kappa shape index (κ2) is 7.70. The van der Waals surface area contributed by atoms with E-state index in [9.17, 15) is 8.78 Å². The predicted molar refractivity (Wildman–Crippen MR) is 77.8 cm³/mol. The molecule has 0 radical (unpaired) electrons. The molecule has 1 rings (SSSR count). The van der Waals surface area contributed by atoms with Gasteiger partial charge >= 0.3 is 0 Å². The molecule has 1 atom stereocenters. The highest BCUT2D eigenvalue weighted by Crippen LogP contribution is 2.20. The molecule has 1 unspecified atom stereocenters. The Labute approximate surface area is 120 Å². The zero-order valence-corrected chi connectivity index (χ0v) is 12.8. The van der Waals surface area contributed by atoms with Crippen LogP contribution in [0.25, 0.3) is 0 Å². The number of nitrogens with one attached hydrogen (secondary N) is 1. The second-order valence-electron chi connectivity index (χ2n) is 5.76. The van der Waals surface area contributed by atoms with Crippen molar-refractivity contribution in [3.8, 4) is 0 Å². The molecular weight excluding hydrogens is 260 g/mol. The Kier molecular flexibility index (Phi) is 6.56. The first-order valence-electron chi connectivity index (χ1n) is 7.10. The van der Waals surface area contributed by atoms with Crippen molar-refractivity contribution in [1.82, 2.24) is 5.32 Å². The van der Waals surface area contributed by atoms with Crippen LogP contribution in [0.15, 0.2) is 18.2 Å². The van der Waals surface area contributed by atoms with Crippen LogP contribution < -0.4 is 5.32 Å². The number of halogens is 2. The van der Waals surface area contributed by atoms with E-state index in [0.29, 0.717) is 12.0 Å². The molecule has 1 aromatic rings. The first-order chi connectivity index (χ1) is 9.38. The topological polar surface area (TPSA) is 21.3 Å². The molecule has 0 bridgehead atoms. The number of ether oxygens (including phenoxy) is 1. The Morgan fingerprint density at radius 3 is 2.60 bits per heavy atom. The summed E-state index contributed by atoms with van der Waals surface area (Å²) in [4.78, 5) is 0. The van der Waals surface area contributed by atoms with Gasteiger partial charge < -0.3 is 10.1 Å². The van der Waals surface area contributed by atoms with E-state index in [1.165, 1.54) is 12.1 Å². The van der Waals surface area contributed by atoms with Gasteiger partial charge in [-0.1, -0.05) is 6.92 Å². The predicted octanol–water partition coefficient (Wildman–Crippen LogP) is 3.69. The van der Waals surface area contributed by atoms with Crippen LogP contribution in [0.1, 0.15) is 39.2 Å². The Hall–Kier alpha value is -1.00. The van der Waals surface area contributed by atoms with E-state index in [4.69, 9.17) is 4.74 Å².